The highest BCUT2D eigenvalue weighted by atomic mass is 16.5. The van der Waals surface area contributed by atoms with Gasteiger partial charge in [-0.3, -0.25) is 5.32 Å². The zero-order valence-corrected chi connectivity index (χ0v) is 12.4. The van der Waals surface area contributed by atoms with Gasteiger partial charge in [0, 0.05) is 0 Å². The lowest BCUT2D eigenvalue weighted by atomic mass is 10.1. The maximum atomic E-state index is 11.7. The van der Waals surface area contributed by atoms with Crippen LogP contribution in [-0.2, 0) is 11.3 Å². The van der Waals surface area contributed by atoms with Crippen molar-refractivity contribution in [1.82, 2.24) is 5.32 Å². The number of guanidine groups is 1. The van der Waals surface area contributed by atoms with Crippen LogP contribution < -0.4 is 11.1 Å². The van der Waals surface area contributed by atoms with Crippen LogP contribution in [0.25, 0.3) is 0 Å². The summed E-state index contributed by atoms with van der Waals surface area (Å²) >= 11 is 0. The summed E-state index contributed by atoms with van der Waals surface area (Å²) in [6.07, 6.45) is -0.620. The molecule has 22 heavy (non-hydrogen) atoms. The second-order valence-electron chi connectivity index (χ2n) is 4.79. The molecular weight excluding hydrogens is 278 g/mol. The largest absolute Gasteiger partial charge is 0.444 e. The number of nitrogens with zero attached hydrogens (tertiary/aromatic N) is 1. The first-order valence-electron chi connectivity index (χ1n) is 7.01. The van der Waals surface area contributed by atoms with Crippen molar-refractivity contribution in [1.29, 1.82) is 0 Å². The Balaban J connectivity index is 1.84. The van der Waals surface area contributed by atoms with Gasteiger partial charge in [-0.2, -0.15) is 0 Å². The summed E-state index contributed by atoms with van der Waals surface area (Å²) in [6, 6.07) is 19.0. The highest BCUT2D eigenvalue weighted by Crippen LogP contribution is 2.15. The number of alkyl carbamates (subject to hydrolysis) is 1. The molecule has 0 spiro atoms. The Hall–Kier alpha value is -2.82. The molecule has 5 nitrogen and oxygen atoms in total. The van der Waals surface area contributed by atoms with Gasteiger partial charge in [0.2, 0.25) is 0 Å². The van der Waals surface area contributed by atoms with Crippen molar-refractivity contribution >= 4 is 12.1 Å². The van der Waals surface area contributed by atoms with Gasteiger partial charge in [-0.25, -0.2) is 9.79 Å². The van der Waals surface area contributed by atoms with Crippen LogP contribution in [-0.4, -0.2) is 12.1 Å². The van der Waals surface area contributed by atoms with Crippen LogP contribution in [0.2, 0.25) is 0 Å². The number of hydrogen-bond acceptors (Lipinski definition) is 3. The van der Waals surface area contributed by atoms with E-state index in [1.165, 1.54) is 0 Å². The summed E-state index contributed by atoms with van der Waals surface area (Å²) in [6.45, 7) is 2.09. The van der Waals surface area contributed by atoms with Gasteiger partial charge < -0.3 is 10.5 Å². The number of amides is 1. The number of ether oxygens (including phenoxy) is 1. The van der Waals surface area contributed by atoms with Crippen molar-refractivity contribution < 1.29 is 9.53 Å². The molecule has 0 heterocycles. The van der Waals surface area contributed by atoms with Crippen LogP contribution in [0.5, 0.6) is 0 Å². The quantitative estimate of drug-likeness (QED) is 0.673. The van der Waals surface area contributed by atoms with Crippen molar-refractivity contribution in [3.8, 4) is 0 Å². The number of carbonyl (C=O) groups is 1. The average Bonchev–Trinajstić information content (AvgIpc) is 2.54. The molecule has 0 bridgehead atoms. The van der Waals surface area contributed by atoms with E-state index in [0.29, 0.717) is 0 Å². The van der Waals surface area contributed by atoms with E-state index in [1.54, 1.807) is 0 Å². The minimum Gasteiger partial charge on any atom is -0.444 e. The number of aliphatic imine (C=N–C) groups is 1. The van der Waals surface area contributed by atoms with Crippen molar-refractivity contribution in [2.45, 2.75) is 19.6 Å². The lowest BCUT2D eigenvalue weighted by Crippen LogP contribution is -2.37. The van der Waals surface area contributed by atoms with Gasteiger partial charge in [-0.05, 0) is 18.1 Å². The standard InChI is InChI=1S/C17H19N3O2/c1-13(15-10-6-3-7-11-15)19-16(18)20-17(21)22-12-14-8-4-2-5-9-14/h2-11,13H,12H2,1H3,(H3,18,19,20,21)/t13-/m1/s1. The van der Waals surface area contributed by atoms with Crippen LogP contribution in [0.3, 0.4) is 0 Å². The van der Waals surface area contributed by atoms with E-state index in [4.69, 9.17) is 10.5 Å². The Morgan fingerprint density at radius 3 is 2.36 bits per heavy atom. The normalized spacial score (nSPS) is 12.5. The Labute approximate surface area is 129 Å². The molecule has 0 aliphatic rings. The molecule has 0 unspecified atom stereocenters. The predicted octanol–water partition coefficient (Wildman–Crippen LogP) is 2.99. The van der Waals surface area contributed by atoms with Gasteiger partial charge in [0.05, 0.1) is 6.04 Å². The Morgan fingerprint density at radius 1 is 1.14 bits per heavy atom. The summed E-state index contributed by atoms with van der Waals surface area (Å²) in [5.41, 5.74) is 7.65. The van der Waals surface area contributed by atoms with E-state index in [1.807, 2.05) is 67.6 Å². The third-order valence-electron chi connectivity index (χ3n) is 3.06. The maximum absolute atomic E-state index is 11.7. The summed E-state index contributed by atoms with van der Waals surface area (Å²) in [5.74, 6) is 0.0365. The van der Waals surface area contributed by atoms with Gasteiger partial charge in [0.25, 0.3) is 0 Å². The minimum absolute atomic E-state index is 0.0365. The van der Waals surface area contributed by atoms with E-state index in [2.05, 4.69) is 10.3 Å². The molecule has 0 aromatic heterocycles. The van der Waals surface area contributed by atoms with E-state index in [-0.39, 0.29) is 18.6 Å². The second kappa shape index (κ2) is 7.83. The van der Waals surface area contributed by atoms with Gasteiger partial charge in [0.1, 0.15) is 6.61 Å². The third-order valence-corrected chi connectivity index (χ3v) is 3.06. The van der Waals surface area contributed by atoms with Gasteiger partial charge in [0.15, 0.2) is 5.96 Å². The number of benzene rings is 2. The first kappa shape index (κ1) is 15.6. The smallest absolute Gasteiger partial charge is 0.414 e. The highest BCUT2D eigenvalue weighted by Gasteiger charge is 2.07. The summed E-state index contributed by atoms with van der Waals surface area (Å²) in [5, 5.41) is 2.42. The Morgan fingerprint density at radius 2 is 1.73 bits per heavy atom. The van der Waals surface area contributed by atoms with Crippen molar-refractivity contribution in [3.63, 3.8) is 0 Å². The SMILES string of the molecule is C[C@@H](N=C(N)NC(=O)OCc1ccccc1)c1ccccc1. The molecular formula is C17H19N3O2. The molecule has 0 saturated heterocycles. The third kappa shape index (κ3) is 4.94. The summed E-state index contributed by atoms with van der Waals surface area (Å²) in [4.78, 5) is 15.9. The van der Waals surface area contributed by atoms with Crippen LogP contribution in [0.15, 0.2) is 65.7 Å². The molecule has 1 amide bonds. The van der Waals surface area contributed by atoms with E-state index in [9.17, 15) is 4.79 Å². The molecule has 114 valence electrons. The molecule has 0 aliphatic carbocycles. The first-order valence-corrected chi connectivity index (χ1v) is 7.01. The molecule has 0 saturated carbocycles. The summed E-state index contributed by atoms with van der Waals surface area (Å²) in [7, 11) is 0. The van der Waals surface area contributed by atoms with Crippen LogP contribution >= 0.6 is 0 Å². The number of hydrogen-bond donors (Lipinski definition) is 2. The van der Waals surface area contributed by atoms with Crippen molar-refractivity contribution in [2.24, 2.45) is 10.7 Å². The minimum atomic E-state index is -0.620. The molecule has 3 N–H and O–H groups in total. The predicted molar refractivity (Wildman–Crippen MR) is 86.2 cm³/mol. The Bertz CT molecular complexity index is 627. The fraction of sp³-hybridized carbons (Fsp3) is 0.176. The van der Waals surface area contributed by atoms with Crippen LogP contribution in [0.4, 0.5) is 4.79 Å². The van der Waals surface area contributed by atoms with Gasteiger partial charge in [-0.15, -0.1) is 0 Å². The van der Waals surface area contributed by atoms with Crippen molar-refractivity contribution in [2.75, 3.05) is 0 Å². The summed E-state index contributed by atoms with van der Waals surface area (Å²) < 4.78 is 5.08. The van der Waals surface area contributed by atoms with Crippen LogP contribution in [0, 0.1) is 0 Å². The molecule has 1 atom stereocenters. The zero-order chi connectivity index (χ0) is 15.8. The maximum Gasteiger partial charge on any atom is 0.414 e. The topological polar surface area (TPSA) is 76.7 Å². The average molecular weight is 297 g/mol. The molecule has 2 aromatic carbocycles. The fourth-order valence-corrected chi connectivity index (χ4v) is 1.91. The van der Waals surface area contributed by atoms with E-state index in [0.717, 1.165) is 11.1 Å². The van der Waals surface area contributed by atoms with Crippen molar-refractivity contribution in [3.05, 3.63) is 71.8 Å². The fourth-order valence-electron chi connectivity index (χ4n) is 1.91. The molecule has 0 radical (unpaired) electrons. The number of carbonyl (C=O) groups excluding carboxylic acids is 1. The molecule has 2 rings (SSSR count). The molecule has 2 aromatic rings. The van der Waals surface area contributed by atoms with Crippen LogP contribution in [0.1, 0.15) is 24.1 Å². The van der Waals surface area contributed by atoms with Gasteiger partial charge in [-0.1, -0.05) is 60.7 Å². The monoisotopic (exact) mass is 297 g/mol. The second-order valence-corrected chi connectivity index (χ2v) is 4.79. The Kier molecular flexibility index (Phi) is 5.54. The van der Waals surface area contributed by atoms with Gasteiger partial charge >= 0.3 is 6.09 Å². The molecule has 5 heteroatoms. The molecule has 0 aliphatic heterocycles. The number of rotatable bonds is 4. The molecule has 0 fully saturated rings. The highest BCUT2D eigenvalue weighted by molar-refractivity contribution is 5.92. The number of nitrogens with one attached hydrogen (secondary N) is 1. The lowest BCUT2D eigenvalue weighted by Gasteiger charge is -2.10. The van der Waals surface area contributed by atoms with E-state index < -0.39 is 6.09 Å². The lowest BCUT2D eigenvalue weighted by molar-refractivity contribution is 0.145. The zero-order valence-electron chi connectivity index (χ0n) is 12.4. The number of nitrogens with two attached hydrogens (primary N) is 1. The first-order chi connectivity index (χ1) is 10.6. The van der Waals surface area contributed by atoms with E-state index >= 15 is 0 Å².